The van der Waals surface area contributed by atoms with Crippen molar-refractivity contribution in [3.05, 3.63) is 95.5 Å². The molecule has 3 rings (SSSR count). The van der Waals surface area contributed by atoms with Crippen molar-refractivity contribution in [2.75, 3.05) is 0 Å². The third kappa shape index (κ3) is 3.21. The Morgan fingerprint density at radius 2 is 1.70 bits per heavy atom. The first-order valence-electron chi connectivity index (χ1n) is 7.77. The lowest BCUT2D eigenvalue weighted by atomic mass is 9.98. The molecule has 2 heteroatoms. The molecule has 1 heterocycles. The van der Waals surface area contributed by atoms with Crippen LogP contribution in [0, 0.1) is 0 Å². The van der Waals surface area contributed by atoms with Gasteiger partial charge in [0.2, 0.25) is 0 Å². The molecule has 0 aromatic heterocycles. The maximum atomic E-state index is 10.7. The van der Waals surface area contributed by atoms with Crippen molar-refractivity contribution in [2.45, 2.75) is 19.8 Å². The van der Waals surface area contributed by atoms with E-state index in [1.165, 1.54) is 0 Å². The molecule has 0 atom stereocenters. The molecule has 2 aromatic rings. The van der Waals surface area contributed by atoms with Gasteiger partial charge in [-0.2, -0.15) is 0 Å². The van der Waals surface area contributed by atoms with Gasteiger partial charge in [0.15, 0.2) is 0 Å². The SMILES string of the molecule is C=C1Oc2ccccc2CC/C=C(C)\C(O)=C/1c1ccccc1. The summed E-state index contributed by atoms with van der Waals surface area (Å²) in [6.07, 6.45) is 3.78. The average molecular weight is 304 g/mol. The molecule has 0 aliphatic carbocycles. The number of rotatable bonds is 1. The molecular weight excluding hydrogens is 284 g/mol. The van der Waals surface area contributed by atoms with E-state index in [2.05, 4.69) is 18.7 Å². The van der Waals surface area contributed by atoms with Crippen molar-refractivity contribution in [3.8, 4) is 5.75 Å². The summed E-state index contributed by atoms with van der Waals surface area (Å²) in [6.45, 7) is 5.98. The van der Waals surface area contributed by atoms with Crippen LogP contribution in [-0.2, 0) is 6.42 Å². The van der Waals surface area contributed by atoms with Crippen LogP contribution in [0.2, 0.25) is 0 Å². The summed E-state index contributed by atoms with van der Waals surface area (Å²) < 4.78 is 6.02. The highest BCUT2D eigenvalue weighted by Crippen LogP contribution is 2.32. The molecule has 1 N–H and O–H groups in total. The Morgan fingerprint density at radius 1 is 1.00 bits per heavy atom. The second kappa shape index (κ2) is 6.57. The Morgan fingerprint density at radius 3 is 2.48 bits per heavy atom. The highest BCUT2D eigenvalue weighted by Gasteiger charge is 2.17. The number of para-hydroxylation sites is 1. The molecule has 23 heavy (non-hydrogen) atoms. The third-order valence-electron chi connectivity index (χ3n) is 4.02. The van der Waals surface area contributed by atoms with Crippen LogP contribution in [0.15, 0.2) is 84.3 Å². The summed E-state index contributed by atoms with van der Waals surface area (Å²) in [5.74, 6) is 1.48. The van der Waals surface area contributed by atoms with Gasteiger partial charge in [-0.05, 0) is 42.5 Å². The van der Waals surface area contributed by atoms with E-state index in [4.69, 9.17) is 4.74 Å². The van der Waals surface area contributed by atoms with E-state index in [0.717, 1.165) is 35.3 Å². The predicted octanol–water partition coefficient (Wildman–Crippen LogP) is 5.44. The fraction of sp³-hybridized carbons (Fsp3) is 0.143. The highest BCUT2D eigenvalue weighted by molar-refractivity contribution is 5.80. The predicted molar refractivity (Wildman–Crippen MR) is 94.3 cm³/mol. The lowest BCUT2D eigenvalue weighted by molar-refractivity contribution is 0.409. The highest BCUT2D eigenvalue weighted by atomic mass is 16.5. The van der Waals surface area contributed by atoms with E-state index in [9.17, 15) is 5.11 Å². The van der Waals surface area contributed by atoms with E-state index >= 15 is 0 Å². The number of aliphatic hydroxyl groups is 1. The molecule has 0 spiro atoms. The molecule has 0 fully saturated rings. The van der Waals surface area contributed by atoms with Crippen molar-refractivity contribution in [2.24, 2.45) is 0 Å². The molecule has 0 bridgehead atoms. The fourth-order valence-electron chi connectivity index (χ4n) is 2.77. The van der Waals surface area contributed by atoms with Gasteiger partial charge < -0.3 is 9.84 Å². The van der Waals surface area contributed by atoms with Crippen LogP contribution in [0.5, 0.6) is 5.75 Å². The van der Waals surface area contributed by atoms with Crippen LogP contribution < -0.4 is 4.74 Å². The smallest absolute Gasteiger partial charge is 0.131 e. The van der Waals surface area contributed by atoms with E-state index in [-0.39, 0.29) is 5.76 Å². The molecule has 2 aromatic carbocycles. The summed E-state index contributed by atoms with van der Waals surface area (Å²) >= 11 is 0. The number of hydrogen-bond donors (Lipinski definition) is 1. The van der Waals surface area contributed by atoms with E-state index in [0.29, 0.717) is 11.3 Å². The van der Waals surface area contributed by atoms with Crippen molar-refractivity contribution in [1.82, 2.24) is 0 Å². The van der Waals surface area contributed by atoms with Crippen LogP contribution in [-0.4, -0.2) is 5.11 Å². The summed E-state index contributed by atoms with van der Waals surface area (Å²) in [4.78, 5) is 0. The van der Waals surface area contributed by atoms with Gasteiger partial charge in [-0.3, -0.25) is 0 Å². The first-order valence-corrected chi connectivity index (χ1v) is 7.77. The Bertz CT molecular complexity index is 782. The Balaban J connectivity index is 2.13. The van der Waals surface area contributed by atoms with Gasteiger partial charge in [-0.15, -0.1) is 0 Å². The second-order valence-corrected chi connectivity index (χ2v) is 5.65. The second-order valence-electron chi connectivity index (χ2n) is 5.65. The molecule has 116 valence electrons. The number of benzene rings is 2. The zero-order chi connectivity index (χ0) is 16.2. The van der Waals surface area contributed by atoms with Gasteiger partial charge >= 0.3 is 0 Å². The van der Waals surface area contributed by atoms with Gasteiger partial charge in [0.25, 0.3) is 0 Å². The average Bonchev–Trinajstić information content (AvgIpc) is 2.57. The topological polar surface area (TPSA) is 29.5 Å². The first kappa shape index (κ1) is 15.2. The zero-order valence-electron chi connectivity index (χ0n) is 13.3. The number of aliphatic hydroxyl groups excluding tert-OH is 1. The standard InChI is InChI=1S/C21H20O2/c1-15-9-8-13-17-10-6-7-14-19(17)23-16(2)20(21(15)22)18-11-4-3-5-12-18/h3-7,9-12,14,22H,2,8,13H2,1H3/b15-9-,21-20-. The Hall–Kier alpha value is -2.74. The van der Waals surface area contributed by atoms with Crippen molar-refractivity contribution in [3.63, 3.8) is 0 Å². The Labute approximate surface area is 137 Å². The first-order chi connectivity index (χ1) is 11.2. The van der Waals surface area contributed by atoms with Gasteiger partial charge in [0, 0.05) is 0 Å². The van der Waals surface area contributed by atoms with Gasteiger partial charge in [-0.25, -0.2) is 0 Å². The molecular formula is C21H20O2. The fourth-order valence-corrected chi connectivity index (χ4v) is 2.77. The van der Waals surface area contributed by atoms with Crippen molar-refractivity contribution in [1.29, 1.82) is 0 Å². The molecule has 0 amide bonds. The lowest BCUT2D eigenvalue weighted by Gasteiger charge is -2.19. The van der Waals surface area contributed by atoms with E-state index in [1.54, 1.807) is 0 Å². The van der Waals surface area contributed by atoms with Gasteiger partial charge in [0.1, 0.15) is 17.3 Å². The Kier molecular flexibility index (Phi) is 4.33. The largest absolute Gasteiger partial charge is 0.507 e. The normalized spacial score (nSPS) is 20.9. The molecule has 1 aliphatic rings. The number of allylic oxidation sites excluding steroid dienone is 3. The quantitative estimate of drug-likeness (QED) is 0.760. The van der Waals surface area contributed by atoms with Crippen molar-refractivity contribution < 1.29 is 9.84 Å². The number of aryl methyl sites for hydroxylation is 1. The molecule has 2 nitrogen and oxygen atoms in total. The summed E-state index contributed by atoms with van der Waals surface area (Å²) in [7, 11) is 0. The van der Waals surface area contributed by atoms with Gasteiger partial charge in [0.05, 0.1) is 5.57 Å². The summed E-state index contributed by atoms with van der Waals surface area (Å²) in [6, 6.07) is 17.7. The van der Waals surface area contributed by atoms with Crippen LogP contribution in [0.3, 0.4) is 0 Å². The summed E-state index contributed by atoms with van der Waals surface area (Å²) in [5.41, 5.74) is 3.51. The molecule has 0 saturated carbocycles. The third-order valence-corrected chi connectivity index (χ3v) is 4.02. The minimum atomic E-state index is 0.223. The van der Waals surface area contributed by atoms with Crippen LogP contribution in [0.1, 0.15) is 24.5 Å². The molecule has 0 saturated heterocycles. The molecule has 0 radical (unpaired) electrons. The zero-order valence-corrected chi connectivity index (χ0v) is 13.3. The van der Waals surface area contributed by atoms with E-state index < -0.39 is 0 Å². The minimum absolute atomic E-state index is 0.223. The monoisotopic (exact) mass is 304 g/mol. The van der Waals surface area contributed by atoms with Crippen LogP contribution in [0.4, 0.5) is 0 Å². The number of fused-ring (bicyclic) bond motifs is 1. The van der Waals surface area contributed by atoms with Gasteiger partial charge in [-0.1, -0.05) is 61.2 Å². The van der Waals surface area contributed by atoms with E-state index in [1.807, 2.05) is 55.5 Å². The maximum absolute atomic E-state index is 10.7. The molecule has 0 unspecified atom stereocenters. The maximum Gasteiger partial charge on any atom is 0.131 e. The summed E-state index contributed by atoms with van der Waals surface area (Å²) in [5, 5.41) is 10.7. The number of hydrogen-bond acceptors (Lipinski definition) is 2. The lowest BCUT2D eigenvalue weighted by Crippen LogP contribution is -2.05. The minimum Gasteiger partial charge on any atom is -0.507 e. The van der Waals surface area contributed by atoms with Crippen LogP contribution in [0.25, 0.3) is 5.57 Å². The van der Waals surface area contributed by atoms with Crippen LogP contribution >= 0.6 is 0 Å². The molecule has 1 aliphatic heterocycles. The van der Waals surface area contributed by atoms with Crippen molar-refractivity contribution >= 4 is 5.57 Å². The number of ether oxygens (including phenoxy) is 1.